The number of aryl methyl sites for hydroxylation is 2. The summed E-state index contributed by atoms with van der Waals surface area (Å²) in [5.74, 6) is -0.146. The predicted molar refractivity (Wildman–Crippen MR) is 77.5 cm³/mol. The Labute approximate surface area is 120 Å². The smallest absolute Gasteiger partial charge is 0.320 e. The molecule has 1 aliphatic heterocycles. The normalized spacial score (nSPS) is 23.9. The molecule has 2 rings (SSSR count). The number of aromatic nitrogens is 2. The zero-order valence-corrected chi connectivity index (χ0v) is 12.7. The Balaban J connectivity index is 2.12. The molecule has 0 radical (unpaired) electrons. The van der Waals surface area contributed by atoms with Crippen LogP contribution in [0.2, 0.25) is 0 Å². The molecular formula is C15H25N3O2. The van der Waals surface area contributed by atoms with E-state index >= 15 is 0 Å². The number of aliphatic carboxylic acids is 1. The molecule has 5 heteroatoms. The van der Waals surface area contributed by atoms with Gasteiger partial charge in [-0.1, -0.05) is 13.3 Å². The topological polar surface area (TPSA) is 58.4 Å². The van der Waals surface area contributed by atoms with E-state index in [1.54, 1.807) is 0 Å². The van der Waals surface area contributed by atoms with Crippen LogP contribution in [0.1, 0.15) is 44.5 Å². The lowest BCUT2D eigenvalue weighted by atomic mass is 9.89. The van der Waals surface area contributed by atoms with Crippen LogP contribution in [-0.4, -0.2) is 38.3 Å². The third kappa shape index (κ3) is 3.20. The molecule has 2 heterocycles. The first-order chi connectivity index (χ1) is 9.55. The third-order valence-electron chi connectivity index (χ3n) is 4.33. The van der Waals surface area contributed by atoms with Crippen LogP contribution in [0.4, 0.5) is 0 Å². The lowest BCUT2D eigenvalue weighted by Crippen LogP contribution is -2.46. The van der Waals surface area contributed by atoms with Gasteiger partial charge in [-0.3, -0.25) is 14.4 Å². The van der Waals surface area contributed by atoms with Crippen molar-refractivity contribution in [2.75, 3.05) is 6.54 Å². The summed E-state index contributed by atoms with van der Waals surface area (Å²) in [7, 11) is 0. The lowest BCUT2D eigenvalue weighted by molar-refractivity contribution is -0.145. The number of piperidine rings is 1. The molecule has 1 aromatic rings. The number of carbonyl (C=O) groups is 1. The molecule has 1 aliphatic rings. The molecule has 0 bridgehead atoms. The highest BCUT2D eigenvalue weighted by molar-refractivity contribution is 5.73. The van der Waals surface area contributed by atoms with E-state index in [1.165, 1.54) is 0 Å². The van der Waals surface area contributed by atoms with Crippen LogP contribution in [0.3, 0.4) is 0 Å². The Hall–Kier alpha value is -1.36. The fraction of sp³-hybridized carbons (Fsp3) is 0.733. The van der Waals surface area contributed by atoms with Crippen molar-refractivity contribution < 1.29 is 9.90 Å². The number of carboxylic acids is 1. The number of hydrogen-bond donors (Lipinski definition) is 1. The van der Waals surface area contributed by atoms with E-state index in [0.717, 1.165) is 43.7 Å². The number of rotatable bonds is 5. The first kappa shape index (κ1) is 15.0. The molecule has 1 aromatic heterocycles. The van der Waals surface area contributed by atoms with E-state index < -0.39 is 5.97 Å². The van der Waals surface area contributed by atoms with E-state index in [1.807, 2.05) is 11.6 Å². The van der Waals surface area contributed by atoms with Gasteiger partial charge in [-0.25, -0.2) is 0 Å². The summed E-state index contributed by atoms with van der Waals surface area (Å²) in [5.41, 5.74) is 2.11. The number of hydrogen-bond acceptors (Lipinski definition) is 3. The third-order valence-corrected chi connectivity index (χ3v) is 4.33. The van der Waals surface area contributed by atoms with Crippen LogP contribution in [0.5, 0.6) is 0 Å². The first-order valence-corrected chi connectivity index (χ1v) is 7.55. The Kier molecular flexibility index (Phi) is 4.81. The summed E-state index contributed by atoms with van der Waals surface area (Å²) >= 11 is 0. The van der Waals surface area contributed by atoms with Crippen molar-refractivity contribution in [2.45, 2.75) is 59.2 Å². The fourth-order valence-corrected chi connectivity index (χ4v) is 3.11. The van der Waals surface area contributed by atoms with E-state index in [0.29, 0.717) is 12.5 Å². The predicted octanol–water partition coefficient (Wildman–Crippen LogP) is 2.29. The van der Waals surface area contributed by atoms with Gasteiger partial charge in [0.15, 0.2) is 0 Å². The van der Waals surface area contributed by atoms with E-state index in [4.69, 9.17) is 0 Å². The molecule has 1 saturated heterocycles. The van der Waals surface area contributed by atoms with Gasteiger partial charge >= 0.3 is 5.97 Å². The zero-order chi connectivity index (χ0) is 14.7. The first-order valence-electron chi connectivity index (χ1n) is 7.55. The molecule has 0 aliphatic carbocycles. The Morgan fingerprint density at radius 1 is 1.50 bits per heavy atom. The summed E-state index contributed by atoms with van der Waals surface area (Å²) in [4.78, 5) is 13.6. The van der Waals surface area contributed by atoms with Crippen molar-refractivity contribution in [3.8, 4) is 0 Å². The largest absolute Gasteiger partial charge is 0.480 e. The van der Waals surface area contributed by atoms with Crippen LogP contribution in [-0.2, 0) is 17.9 Å². The summed E-state index contributed by atoms with van der Waals surface area (Å²) in [6.45, 7) is 8.56. The van der Waals surface area contributed by atoms with Crippen LogP contribution >= 0.6 is 0 Å². The van der Waals surface area contributed by atoms with Crippen LogP contribution in [0.15, 0.2) is 6.07 Å². The zero-order valence-electron chi connectivity index (χ0n) is 12.7. The van der Waals surface area contributed by atoms with Gasteiger partial charge in [0, 0.05) is 13.1 Å². The highest BCUT2D eigenvalue weighted by Gasteiger charge is 2.33. The second-order valence-corrected chi connectivity index (χ2v) is 5.72. The van der Waals surface area contributed by atoms with Gasteiger partial charge < -0.3 is 5.11 Å². The SMILES string of the molecule is CCC1CCN(Cc2cc(C)nn2CC)C(C(=O)O)C1. The molecule has 20 heavy (non-hydrogen) atoms. The van der Waals surface area contributed by atoms with Gasteiger partial charge in [-0.05, 0) is 45.2 Å². The number of carboxylic acid groups (broad SMARTS) is 1. The van der Waals surface area contributed by atoms with Crippen LogP contribution in [0, 0.1) is 12.8 Å². The number of likely N-dealkylation sites (tertiary alicyclic amines) is 1. The number of nitrogens with zero attached hydrogens (tertiary/aromatic N) is 3. The minimum atomic E-state index is -0.692. The molecule has 0 saturated carbocycles. The van der Waals surface area contributed by atoms with Gasteiger partial charge in [0.1, 0.15) is 6.04 Å². The molecule has 2 atom stereocenters. The highest BCUT2D eigenvalue weighted by atomic mass is 16.4. The molecule has 112 valence electrons. The van der Waals surface area contributed by atoms with Gasteiger partial charge in [-0.2, -0.15) is 5.10 Å². The fourth-order valence-electron chi connectivity index (χ4n) is 3.11. The summed E-state index contributed by atoms with van der Waals surface area (Å²) in [6, 6.07) is 1.71. The average Bonchev–Trinajstić information content (AvgIpc) is 2.79. The molecule has 0 aromatic carbocycles. The van der Waals surface area contributed by atoms with E-state index in [-0.39, 0.29) is 6.04 Å². The lowest BCUT2D eigenvalue weighted by Gasteiger charge is -2.36. The standard InChI is InChI=1S/C15H25N3O2/c1-4-12-6-7-17(14(9-12)15(19)20)10-13-8-11(3)16-18(13)5-2/h8,12,14H,4-7,9-10H2,1-3H3,(H,19,20). The Bertz CT molecular complexity index is 470. The monoisotopic (exact) mass is 279 g/mol. The molecule has 5 nitrogen and oxygen atoms in total. The molecule has 0 amide bonds. The summed E-state index contributed by atoms with van der Waals surface area (Å²) in [6.07, 6.45) is 2.94. The van der Waals surface area contributed by atoms with E-state index in [9.17, 15) is 9.90 Å². The molecule has 1 N–H and O–H groups in total. The molecular weight excluding hydrogens is 254 g/mol. The van der Waals surface area contributed by atoms with E-state index in [2.05, 4.69) is 29.9 Å². The van der Waals surface area contributed by atoms with Crippen molar-refractivity contribution in [3.05, 3.63) is 17.5 Å². The molecule has 0 spiro atoms. The van der Waals surface area contributed by atoms with Gasteiger partial charge in [0.25, 0.3) is 0 Å². The van der Waals surface area contributed by atoms with Crippen molar-refractivity contribution in [3.63, 3.8) is 0 Å². The minimum Gasteiger partial charge on any atom is -0.480 e. The quantitative estimate of drug-likeness (QED) is 0.898. The van der Waals surface area contributed by atoms with Crippen LogP contribution in [0.25, 0.3) is 0 Å². The maximum Gasteiger partial charge on any atom is 0.320 e. The second kappa shape index (κ2) is 6.39. The second-order valence-electron chi connectivity index (χ2n) is 5.72. The van der Waals surface area contributed by atoms with Crippen molar-refractivity contribution in [1.82, 2.24) is 14.7 Å². The molecule has 1 fully saturated rings. The van der Waals surface area contributed by atoms with Gasteiger partial charge in [0.2, 0.25) is 0 Å². The Morgan fingerprint density at radius 2 is 2.25 bits per heavy atom. The average molecular weight is 279 g/mol. The highest BCUT2D eigenvalue weighted by Crippen LogP contribution is 2.27. The molecule has 2 unspecified atom stereocenters. The van der Waals surface area contributed by atoms with Crippen molar-refractivity contribution >= 4 is 5.97 Å². The summed E-state index contributed by atoms with van der Waals surface area (Å²) < 4.78 is 1.97. The minimum absolute atomic E-state index is 0.353. The Morgan fingerprint density at radius 3 is 2.85 bits per heavy atom. The maximum atomic E-state index is 11.5. The van der Waals surface area contributed by atoms with Gasteiger partial charge in [0.05, 0.1) is 11.4 Å². The summed E-state index contributed by atoms with van der Waals surface area (Å²) in [5, 5.41) is 13.9. The maximum absolute atomic E-state index is 11.5. The van der Waals surface area contributed by atoms with Crippen LogP contribution < -0.4 is 0 Å². The van der Waals surface area contributed by atoms with Crippen molar-refractivity contribution in [1.29, 1.82) is 0 Å². The van der Waals surface area contributed by atoms with Gasteiger partial charge in [-0.15, -0.1) is 0 Å². The van der Waals surface area contributed by atoms with Crippen molar-refractivity contribution in [2.24, 2.45) is 5.92 Å².